The van der Waals surface area contributed by atoms with E-state index in [2.05, 4.69) is 62.8 Å². The Morgan fingerprint density at radius 2 is 1.87 bits per heavy atom. The van der Waals surface area contributed by atoms with Gasteiger partial charge in [0.05, 0.1) is 0 Å². The molecule has 2 rings (SSSR count). The zero-order chi connectivity index (χ0) is 11.1. The number of fused-ring (bicyclic) bond motifs is 1. The van der Waals surface area contributed by atoms with Gasteiger partial charge in [0.25, 0.3) is 0 Å². The Balaban J connectivity index is 2.72. The first-order valence-corrected chi connectivity index (χ1v) is 5.61. The van der Waals surface area contributed by atoms with E-state index >= 15 is 0 Å². The normalized spacial score (nSPS) is 12.3. The third-order valence-corrected chi connectivity index (χ3v) is 3.51. The Kier molecular flexibility index (Phi) is 2.34. The van der Waals surface area contributed by atoms with Crippen molar-refractivity contribution in [2.75, 3.05) is 0 Å². The minimum absolute atomic E-state index is 0.265. The second-order valence-electron chi connectivity index (χ2n) is 4.91. The largest absolute Gasteiger partial charge is 0.350 e. The third-order valence-electron chi connectivity index (χ3n) is 3.51. The first-order valence-electron chi connectivity index (χ1n) is 5.61. The minimum Gasteiger partial charge on any atom is -0.350 e. The summed E-state index contributed by atoms with van der Waals surface area (Å²) in [5.74, 6) is 0. The summed E-state index contributed by atoms with van der Waals surface area (Å²) in [4.78, 5) is 0. The summed E-state index contributed by atoms with van der Waals surface area (Å²) >= 11 is 0. The molecule has 15 heavy (non-hydrogen) atoms. The fourth-order valence-corrected chi connectivity index (χ4v) is 2.07. The van der Waals surface area contributed by atoms with Gasteiger partial charge in [0.15, 0.2) is 0 Å². The number of hydrogen-bond acceptors (Lipinski definition) is 0. The average molecular weight is 201 g/mol. The maximum Gasteiger partial charge on any atom is 0.0480 e. The smallest absolute Gasteiger partial charge is 0.0480 e. The predicted octanol–water partition coefficient (Wildman–Crippen LogP) is 3.87. The summed E-state index contributed by atoms with van der Waals surface area (Å²) in [7, 11) is 2.12. The van der Waals surface area contributed by atoms with Gasteiger partial charge in [-0.15, -0.1) is 0 Å². The van der Waals surface area contributed by atoms with Gasteiger partial charge < -0.3 is 4.57 Å². The molecule has 0 aliphatic carbocycles. The summed E-state index contributed by atoms with van der Waals surface area (Å²) in [6.45, 7) is 6.88. The molecule has 0 saturated carbocycles. The molecule has 0 atom stereocenters. The lowest BCUT2D eigenvalue weighted by molar-refractivity contribution is 0.509. The number of aromatic nitrogens is 1. The van der Waals surface area contributed by atoms with Crippen LogP contribution in [0, 0.1) is 0 Å². The number of rotatable bonds is 2. The lowest BCUT2D eigenvalue weighted by Crippen LogP contribution is -2.14. The van der Waals surface area contributed by atoms with E-state index in [0.29, 0.717) is 0 Å². The molecule has 0 aliphatic rings. The molecule has 0 bridgehead atoms. The standard InChI is InChI=1S/C14H19N/c1-5-14(2,3)12-10-15(4)13-9-7-6-8-11(12)13/h6-10H,5H2,1-4H3. The van der Waals surface area contributed by atoms with E-state index < -0.39 is 0 Å². The third kappa shape index (κ3) is 1.56. The summed E-state index contributed by atoms with van der Waals surface area (Å²) in [6, 6.07) is 8.63. The first-order chi connectivity index (χ1) is 7.06. The number of hydrogen-bond donors (Lipinski definition) is 0. The molecule has 0 N–H and O–H groups in total. The van der Waals surface area contributed by atoms with Gasteiger partial charge in [-0.05, 0) is 23.5 Å². The van der Waals surface area contributed by atoms with Crippen LogP contribution in [0.1, 0.15) is 32.8 Å². The van der Waals surface area contributed by atoms with E-state index in [9.17, 15) is 0 Å². The van der Waals surface area contributed by atoms with Crippen LogP contribution in [-0.4, -0.2) is 4.57 Å². The molecule has 1 heterocycles. The van der Waals surface area contributed by atoms with E-state index in [1.807, 2.05) is 0 Å². The molecule has 1 aromatic heterocycles. The SMILES string of the molecule is CCC(C)(C)c1cn(C)c2ccccc12. The highest BCUT2D eigenvalue weighted by molar-refractivity contribution is 5.84. The van der Waals surface area contributed by atoms with E-state index in [-0.39, 0.29) is 5.41 Å². The van der Waals surface area contributed by atoms with Crippen molar-refractivity contribution in [1.82, 2.24) is 4.57 Å². The van der Waals surface area contributed by atoms with Gasteiger partial charge in [-0.2, -0.15) is 0 Å². The fourth-order valence-electron chi connectivity index (χ4n) is 2.07. The first kappa shape index (κ1) is 10.3. The van der Waals surface area contributed by atoms with Gasteiger partial charge in [0.1, 0.15) is 0 Å². The molecule has 2 aromatic rings. The zero-order valence-electron chi connectivity index (χ0n) is 10.0. The summed E-state index contributed by atoms with van der Waals surface area (Å²) < 4.78 is 2.22. The molecule has 0 radical (unpaired) electrons. The van der Waals surface area contributed by atoms with E-state index in [1.165, 1.54) is 22.9 Å². The highest BCUT2D eigenvalue weighted by atomic mass is 14.9. The Hall–Kier alpha value is -1.24. The zero-order valence-corrected chi connectivity index (χ0v) is 10.0. The summed E-state index contributed by atoms with van der Waals surface area (Å²) in [5.41, 5.74) is 3.05. The number of benzene rings is 1. The van der Waals surface area contributed by atoms with Crippen LogP contribution in [0.15, 0.2) is 30.5 Å². The molecule has 0 fully saturated rings. The lowest BCUT2D eigenvalue weighted by atomic mass is 9.82. The van der Waals surface area contributed by atoms with Crippen molar-refractivity contribution in [2.24, 2.45) is 7.05 Å². The quantitative estimate of drug-likeness (QED) is 0.695. The predicted molar refractivity (Wildman–Crippen MR) is 66.2 cm³/mol. The van der Waals surface area contributed by atoms with Crippen molar-refractivity contribution in [3.05, 3.63) is 36.0 Å². The van der Waals surface area contributed by atoms with Crippen LogP contribution in [0.2, 0.25) is 0 Å². The number of nitrogens with zero attached hydrogens (tertiary/aromatic N) is 1. The fraction of sp³-hybridized carbons (Fsp3) is 0.429. The second kappa shape index (κ2) is 3.41. The molecule has 0 amide bonds. The molecule has 0 spiro atoms. The highest BCUT2D eigenvalue weighted by Gasteiger charge is 2.22. The maximum atomic E-state index is 2.31. The summed E-state index contributed by atoms with van der Waals surface area (Å²) in [5, 5.41) is 1.40. The molecular weight excluding hydrogens is 182 g/mol. The average Bonchev–Trinajstić information content (AvgIpc) is 2.58. The van der Waals surface area contributed by atoms with Crippen LogP contribution in [0.25, 0.3) is 10.9 Å². The Morgan fingerprint density at radius 1 is 1.20 bits per heavy atom. The van der Waals surface area contributed by atoms with Crippen molar-refractivity contribution in [3.63, 3.8) is 0 Å². The molecule has 80 valence electrons. The monoisotopic (exact) mass is 201 g/mol. The van der Waals surface area contributed by atoms with E-state index in [4.69, 9.17) is 0 Å². The molecule has 1 heteroatoms. The van der Waals surface area contributed by atoms with Crippen molar-refractivity contribution in [2.45, 2.75) is 32.6 Å². The van der Waals surface area contributed by atoms with Crippen LogP contribution in [-0.2, 0) is 12.5 Å². The van der Waals surface area contributed by atoms with Crippen molar-refractivity contribution >= 4 is 10.9 Å². The van der Waals surface area contributed by atoms with Gasteiger partial charge >= 0.3 is 0 Å². The van der Waals surface area contributed by atoms with Crippen molar-refractivity contribution < 1.29 is 0 Å². The van der Waals surface area contributed by atoms with Gasteiger partial charge in [0, 0.05) is 24.1 Å². The minimum atomic E-state index is 0.265. The van der Waals surface area contributed by atoms with Crippen LogP contribution in [0.4, 0.5) is 0 Å². The molecule has 0 saturated heterocycles. The van der Waals surface area contributed by atoms with Crippen molar-refractivity contribution in [1.29, 1.82) is 0 Å². The molecule has 0 aliphatic heterocycles. The Bertz CT molecular complexity index is 477. The summed E-state index contributed by atoms with van der Waals surface area (Å²) in [6.07, 6.45) is 3.44. The van der Waals surface area contributed by atoms with E-state index in [0.717, 1.165) is 0 Å². The van der Waals surface area contributed by atoms with Gasteiger partial charge in [-0.25, -0.2) is 0 Å². The van der Waals surface area contributed by atoms with Gasteiger partial charge in [-0.1, -0.05) is 39.0 Å². The Morgan fingerprint density at radius 3 is 2.53 bits per heavy atom. The van der Waals surface area contributed by atoms with Crippen LogP contribution in [0.3, 0.4) is 0 Å². The molecule has 1 nitrogen and oxygen atoms in total. The second-order valence-corrected chi connectivity index (χ2v) is 4.91. The van der Waals surface area contributed by atoms with Crippen LogP contribution in [0.5, 0.6) is 0 Å². The maximum absolute atomic E-state index is 2.31. The molecular formula is C14H19N. The van der Waals surface area contributed by atoms with Crippen LogP contribution < -0.4 is 0 Å². The van der Waals surface area contributed by atoms with Crippen LogP contribution >= 0.6 is 0 Å². The number of para-hydroxylation sites is 1. The van der Waals surface area contributed by atoms with Gasteiger partial charge in [-0.3, -0.25) is 0 Å². The lowest BCUT2D eigenvalue weighted by Gasteiger charge is -2.22. The van der Waals surface area contributed by atoms with E-state index in [1.54, 1.807) is 0 Å². The van der Waals surface area contributed by atoms with Gasteiger partial charge in [0.2, 0.25) is 0 Å². The molecule has 1 aromatic carbocycles. The topological polar surface area (TPSA) is 4.93 Å². The number of aryl methyl sites for hydroxylation is 1. The van der Waals surface area contributed by atoms with Crippen molar-refractivity contribution in [3.8, 4) is 0 Å². The highest BCUT2D eigenvalue weighted by Crippen LogP contribution is 2.33. The Labute approximate surface area is 91.7 Å². The molecule has 0 unspecified atom stereocenters.